The zero-order chi connectivity index (χ0) is 25.0. The van der Waals surface area contributed by atoms with Crippen LogP contribution in [0.25, 0.3) is 22.0 Å². The molecule has 3 heterocycles. The monoisotopic (exact) mass is 496 g/mol. The number of rotatable bonds is 4. The first kappa shape index (κ1) is 23.1. The highest BCUT2D eigenvalue weighted by Crippen LogP contribution is 2.34. The molecule has 0 radical (unpaired) electrons. The molecule has 0 atom stereocenters. The third-order valence-electron chi connectivity index (χ3n) is 5.83. The molecule has 0 saturated carbocycles. The lowest BCUT2D eigenvalue weighted by Crippen LogP contribution is -2.52. The fraction of sp³-hybridized carbons (Fsp3) is 0.280. The lowest BCUT2D eigenvalue weighted by Gasteiger charge is -2.39. The molecule has 1 saturated heterocycles. The third kappa shape index (κ3) is 4.29. The minimum absolute atomic E-state index is 0.0184. The van der Waals surface area contributed by atoms with Crippen molar-refractivity contribution < 1.29 is 22.3 Å². The molecular formula is C25H25FN4O4S. The number of carbonyl (C=O) groups is 1. The van der Waals surface area contributed by atoms with E-state index in [1.54, 1.807) is 40.0 Å². The Labute approximate surface area is 202 Å². The van der Waals surface area contributed by atoms with Gasteiger partial charge in [-0.2, -0.15) is 5.10 Å². The molecule has 0 N–H and O–H groups in total. The summed E-state index contributed by atoms with van der Waals surface area (Å²) >= 11 is 0. The van der Waals surface area contributed by atoms with Gasteiger partial charge in [0, 0.05) is 42.0 Å². The first-order valence-corrected chi connectivity index (χ1v) is 12.6. The van der Waals surface area contributed by atoms with Crippen molar-refractivity contribution in [2.45, 2.75) is 37.3 Å². The zero-order valence-corrected chi connectivity index (χ0v) is 20.4. The van der Waals surface area contributed by atoms with E-state index >= 15 is 0 Å². The van der Waals surface area contributed by atoms with Crippen molar-refractivity contribution in [3.8, 4) is 11.1 Å². The Morgan fingerprint density at radius 2 is 1.80 bits per heavy atom. The van der Waals surface area contributed by atoms with Crippen LogP contribution in [-0.4, -0.2) is 51.9 Å². The number of halogens is 1. The maximum absolute atomic E-state index is 14.1. The van der Waals surface area contributed by atoms with Crippen molar-refractivity contribution in [3.63, 3.8) is 0 Å². The van der Waals surface area contributed by atoms with Crippen molar-refractivity contribution in [3.05, 3.63) is 72.9 Å². The van der Waals surface area contributed by atoms with E-state index in [-0.39, 0.29) is 22.5 Å². The van der Waals surface area contributed by atoms with Gasteiger partial charge in [0.2, 0.25) is 0 Å². The van der Waals surface area contributed by atoms with Gasteiger partial charge in [0.25, 0.3) is 10.0 Å². The van der Waals surface area contributed by atoms with Crippen LogP contribution in [0.15, 0.2) is 72.0 Å². The zero-order valence-electron chi connectivity index (χ0n) is 19.6. The highest BCUT2D eigenvalue weighted by atomic mass is 32.2. The number of nitrogens with zero attached hydrogens (tertiary/aromatic N) is 4. The largest absolute Gasteiger partial charge is 0.444 e. The van der Waals surface area contributed by atoms with Crippen LogP contribution in [0, 0.1) is 5.82 Å². The lowest BCUT2D eigenvalue weighted by atomic mass is 10.1. The second kappa shape index (κ2) is 8.23. The molecule has 4 aromatic rings. The van der Waals surface area contributed by atoms with Crippen molar-refractivity contribution >= 4 is 27.0 Å². The number of hydrogen-bond acceptors (Lipinski definition) is 5. The molecule has 10 heteroatoms. The summed E-state index contributed by atoms with van der Waals surface area (Å²) in [6.07, 6.45) is 4.60. The van der Waals surface area contributed by atoms with Crippen LogP contribution in [0.1, 0.15) is 26.8 Å². The van der Waals surface area contributed by atoms with E-state index in [9.17, 15) is 17.6 Å². The fourth-order valence-electron chi connectivity index (χ4n) is 4.08. The average molecular weight is 497 g/mol. The molecule has 35 heavy (non-hydrogen) atoms. The number of fused-ring (bicyclic) bond motifs is 1. The number of likely N-dealkylation sites (tertiary alicyclic amines) is 1. The first-order chi connectivity index (χ1) is 16.5. The van der Waals surface area contributed by atoms with Gasteiger partial charge in [-0.25, -0.2) is 21.6 Å². The van der Waals surface area contributed by atoms with Crippen molar-refractivity contribution in [1.29, 1.82) is 0 Å². The third-order valence-corrected chi connectivity index (χ3v) is 7.52. The van der Waals surface area contributed by atoms with E-state index in [1.165, 1.54) is 30.5 Å². The van der Waals surface area contributed by atoms with Gasteiger partial charge in [0.1, 0.15) is 11.4 Å². The van der Waals surface area contributed by atoms with Crippen LogP contribution in [-0.2, 0) is 14.8 Å². The Hall–Kier alpha value is -3.66. The van der Waals surface area contributed by atoms with Gasteiger partial charge >= 0.3 is 6.09 Å². The smallest absolute Gasteiger partial charge is 0.410 e. The molecular weight excluding hydrogens is 471 g/mol. The molecule has 8 nitrogen and oxygen atoms in total. The molecule has 0 spiro atoms. The van der Waals surface area contributed by atoms with E-state index < -0.39 is 21.4 Å². The number of ether oxygens (including phenoxy) is 1. The molecule has 0 bridgehead atoms. The lowest BCUT2D eigenvalue weighted by molar-refractivity contribution is -0.000384. The molecule has 2 aromatic carbocycles. The summed E-state index contributed by atoms with van der Waals surface area (Å²) in [6.45, 7) is 6.39. The summed E-state index contributed by atoms with van der Waals surface area (Å²) in [7, 11) is -3.94. The number of amides is 1. The van der Waals surface area contributed by atoms with Gasteiger partial charge in [-0.05, 0) is 51.1 Å². The first-order valence-electron chi connectivity index (χ1n) is 11.2. The maximum Gasteiger partial charge on any atom is 0.410 e. The quantitative estimate of drug-likeness (QED) is 0.410. The summed E-state index contributed by atoms with van der Waals surface area (Å²) < 4.78 is 49.1. The van der Waals surface area contributed by atoms with Crippen LogP contribution in [0.4, 0.5) is 9.18 Å². The molecule has 1 amide bonds. The molecule has 1 aliphatic heterocycles. The normalized spacial score (nSPS) is 14.8. The Morgan fingerprint density at radius 1 is 1.09 bits per heavy atom. The van der Waals surface area contributed by atoms with E-state index in [0.717, 1.165) is 3.97 Å². The van der Waals surface area contributed by atoms with Gasteiger partial charge in [0.05, 0.1) is 22.7 Å². The maximum atomic E-state index is 14.1. The highest BCUT2D eigenvalue weighted by Gasteiger charge is 2.35. The van der Waals surface area contributed by atoms with Gasteiger partial charge < -0.3 is 9.64 Å². The molecule has 2 aromatic heterocycles. The Bertz CT molecular complexity index is 1510. The highest BCUT2D eigenvalue weighted by molar-refractivity contribution is 7.90. The summed E-state index contributed by atoms with van der Waals surface area (Å²) in [5.74, 6) is -0.529. The van der Waals surface area contributed by atoms with E-state index in [4.69, 9.17) is 4.74 Å². The molecule has 1 fully saturated rings. The predicted molar refractivity (Wildman–Crippen MR) is 129 cm³/mol. The number of hydrogen-bond donors (Lipinski definition) is 0. The average Bonchev–Trinajstić information content (AvgIpc) is 3.37. The Morgan fingerprint density at radius 3 is 2.49 bits per heavy atom. The Kier molecular flexibility index (Phi) is 5.43. The molecule has 182 valence electrons. The minimum Gasteiger partial charge on any atom is -0.444 e. The predicted octanol–water partition coefficient (Wildman–Crippen LogP) is 4.67. The number of carbonyl (C=O) groups excluding carboxylic acids is 1. The number of aromatic nitrogens is 3. The standard InChI is InChI=1S/C25H25FN4O4S/c1-25(2,3)34-24(31)28-14-19(15-28)29-13-17(12-27-29)22-16-30(23-11-18(26)9-10-21(22)23)35(32,33)20-7-5-4-6-8-20/h4-13,16,19H,14-15H2,1-3H3. The minimum atomic E-state index is -3.94. The SMILES string of the molecule is CC(C)(C)OC(=O)N1CC(n2cc(-c3cn(S(=O)(=O)c4ccccc4)c4cc(F)ccc34)cn2)C1. The van der Waals surface area contributed by atoms with Crippen LogP contribution in [0.5, 0.6) is 0 Å². The van der Waals surface area contributed by atoms with Gasteiger partial charge in [-0.15, -0.1) is 0 Å². The van der Waals surface area contributed by atoms with Gasteiger partial charge in [0.15, 0.2) is 0 Å². The number of benzene rings is 2. The Balaban J connectivity index is 1.46. The fourth-order valence-corrected chi connectivity index (χ4v) is 5.46. The van der Waals surface area contributed by atoms with Crippen LogP contribution < -0.4 is 0 Å². The second-order valence-corrected chi connectivity index (χ2v) is 11.4. The van der Waals surface area contributed by atoms with Crippen molar-refractivity contribution in [2.24, 2.45) is 0 Å². The topological polar surface area (TPSA) is 86.4 Å². The molecule has 5 rings (SSSR count). The molecule has 1 aliphatic rings. The summed E-state index contributed by atoms with van der Waals surface area (Å²) in [4.78, 5) is 13.9. The van der Waals surface area contributed by atoms with Crippen LogP contribution >= 0.6 is 0 Å². The van der Waals surface area contributed by atoms with Crippen molar-refractivity contribution in [2.75, 3.05) is 13.1 Å². The molecule has 0 unspecified atom stereocenters. The summed E-state index contributed by atoms with van der Waals surface area (Å²) in [5, 5.41) is 5.03. The van der Waals surface area contributed by atoms with E-state index in [0.29, 0.717) is 29.6 Å². The summed E-state index contributed by atoms with van der Waals surface area (Å²) in [5.41, 5.74) is 0.999. The van der Waals surface area contributed by atoms with E-state index in [1.807, 2.05) is 27.0 Å². The van der Waals surface area contributed by atoms with Crippen LogP contribution in [0.3, 0.4) is 0 Å². The van der Waals surface area contributed by atoms with Gasteiger partial charge in [-0.3, -0.25) is 4.68 Å². The second-order valence-electron chi connectivity index (χ2n) is 9.57. The van der Waals surface area contributed by atoms with Crippen molar-refractivity contribution in [1.82, 2.24) is 18.7 Å². The molecule has 0 aliphatic carbocycles. The van der Waals surface area contributed by atoms with E-state index in [2.05, 4.69) is 5.10 Å². The van der Waals surface area contributed by atoms with Gasteiger partial charge in [-0.1, -0.05) is 18.2 Å². The van der Waals surface area contributed by atoms with Crippen LogP contribution in [0.2, 0.25) is 0 Å². The summed E-state index contributed by atoms with van der Waals surface area (Å²) in [6, 6.07) is 12.1.